The van der Waals surface area contributed by atoms with Crippen molar-refractivity contribution in [1.82, 2.24) is 0 Å². The number of amides is 1. The smallest absolute Gasteiger partial charge is 0.224 e. The third-order valence-electron chi connectivity index (χ3n) is 10.4. The Balaban J connectivity index is 1.20. The summed E-state index contributed by atoms with van der Waals surface area (Å²) < 4.78 is 88.4. The second-order valence-corrected chi connectivity index (χ2v) is 17.6. The minimum Gasteiger partial charge on any atom is -0.378 e. The van der Waals surface area contributed by atoms with Crippen molar-refractivity contribution in [3.63, 3.8) is 0 Å². The summed E-state index contributed by atoms with van der Waals surface area (Å²) in [5.41, 5.74) is 5.85. The summed E-state index contributed by atoms with van der Waals surface area (Å²) >= 11 is 8.17. The van der Waals surface area contributed by atoms with Gasteiger partial charge in [0.25, 0.3) is 0 Å². The molecule has 0 aliphatic heterocycles. The van der Waals surface area contributed by atoms with Gasteiger partial charge in [0.15, 0.2) is 0 Å². The van der Waals surface area contributed by atoms with Crippen LogP contribution in [0, 0.1) is 23.7 Å². The van der Waals surface area contributed by atoms with Gasteiger partial charge in [-0.3, -0.25) is 4.79 Å². The Hall–Kier alpha value is -3.69. The van der Waals surface area contributed by atoms with Gasteiger partial charge < -0.3 is 81.1 Å². The Morgan fingerprint density at radius 2 is 0.557 bits per heavy atom. The van der Waals surface area contributed by atoms with E-state index in [1.165, 1.54) is 0 Å². The fourth-order valence-electron chi connectivity index (χ4n) is 6.34. The van der Waals surface area contributed by atoms with Gasteiger partial charge in [0, 0.05) is 45.9 Å². The molecule has 3 aromatic carbocycles. The molecule has 0 unspecified atom stereocenters. The zero-order chi connectivity index (χ0) is 56.0. The minimum absolute atomic E-state index is 0.0916. The molecule has 3 aromatic rings. The first-order valence-electron chi connectivity index (χ1n) is 27.2. The predicted octanol–water partition coefficient (Wildman–Crippen LogP) is 5.96. The van der Waals surface area contributed by atoms with Crippen molar-refractivity contribution in [2.75, 3.05) is 215 Å². The van der Waals surface area contributed by atoms with Crippen molar-refractivity contribution >= 4 is 36.9 Å². The molecule has 0 saturated heterocycles. The lowest BCUT2D eigenvalue weighted by Crippen LogP contribution is -2.15. The molecule has 0 atom stereocenters. The van der Waals surface area contributed by atoms with Crippen LogP contribution >= 0.6 is 25.3 Å². The van der Waals surface area contributed by atoms with E-state index in [1.807, 2.05) is 73.7 Å². The van der Waals surface area contributed by atoms with Crippen molar-refractivity contribution in [3.8, 4) is 23.7 Å². The van der Waals surface area contributed by atoms with Gasteiger partial charge >= 0.3 is 0 Å². The largest absolute Gasteiger partial charge is 0.378 e. The number of hydrogen-bond acceptors (Lipinski definition) is 19. The van der Waals surface area contributed by atoms with Crippen LogP contribution < -0.4 is 5.32 Å². The van der Waals surface area contributed by atoms with Gasteiger partial charge in [-0.05, 0) is 53.6 Å². The van der Waals surface area contributed by atoms with Crippen LogP contribution in [0.3, 0.4) is 0 Å². The molecule has 0 radical (unpaired) electrons. The molecular formula is C59H87NO17S2. The number of hydrogen-bond donors (Lipinski definition) is 3. The first-order chi connectivity index (χ1) is 39.1. The Kier molecular flexibility index (Phi) is 46.1. The van der Waals surface area contributed by atoms with E-state index in [-0.39, 0.29) is 5.91 Å². The lowest BCUT2D eigenvalue weighted by molar-refractivity contribution is -0.115. The van der Waals surface area contributed by atoms with E-state index in [1.54, 1.807) is 0 Å². The Morgan fingerprint density at radius 1 is 0.329 bits per heavy atom. The standard InChI is InChI=1S/C59H87NO17S2/c1-2-59(61)60-58-48-56(13-7-52-3-9-54(10-4-52)50-76-41-39-72-33-31-68-25-23-64-17-15-62-19-21-66-27-29-70-35-37-74-43-45-78)47-57(49-58)14-8-53-5-11-55(12-6-53)51-77-42-40-73-34-32-69-26-24-65-18-16-63-20-22-67-28-30-71-36-38-75-44-46-79/h3-6,9-12,47-49,78-79H,2,15-46,50-51H2,1H3,(H,60,61). The zero-order valence-corrected chi connectivity index (χ0v) is 48.2. The summed E-state index contributed by atoms with van der Waals surface area (Å²) in [6.45, 7) is 18.0. The normalized spacial score (nSPS) is 11.1. The van der Waals surface area contributed by atoms with Gasteiger partial charge in [-0.15, -0.1) is 0 Å². The molecule has 1 amide bonds. The highest BCUT2D eigenvalue weighted by molar-refractivity contribution is 7.80. The first kappa shape index (κ1) is 69.6. The van der Waals surface area contributed by atoms with Crippen LogP contribution in [0.25, 0.3) is 0 Å². The number of ether oxygens (including phenoxy) is 16. The van der Waals surface area contributed by atoms with Crippen LogP contribution in [0.15, 0.2) is 66.7 Å². The zero-order valence-electron chi connectivity index (χ0n) is 46.4. The van der Waals surface area contributed by atoms with E-state index in [4.69, 9.17) is 75.8 Å². The van der Waals surface area contributed by atoms with Crippen molar-refractivity contribution in [3.05, 3.63) is 100 Å². The van der Waals surface area contributed by atoms with Gasteiger partial charge in [-0.25, -0.2) is 0 Å². The molecule has 3 rings (SSSR count). The van der Waals surface area contributed by atoms with Gasteiger partial charge in [-0.2, -0.15) is 25.3 Å². The third-order valence-corrected chi connectivity index (χ3v) is 10.7. The van der Waals surface area contributed by atoms with Crippen LogP contribution in [0.1, 0.15) is 46.7 Å². The van der Waals surface area contributed by atoms with Gasteiger partial charge in [0.05, 0.1) is 211 Å². The van der Waals surface area contributed by atoms with E-state index in [0.29, 0.717) is 235 Å². The maximum atomic E-state index is 12.3. The number of carbonyl (C=O) groups is 1. The topological polar surface area (TPSA) is 177 Å². The number of anilines is 1. The fourth-order valence-corrected chi connectivity index (χ4v) is 6.60. The predicted molar refractivity (Wildman–Crippen MR) is 309 cm³/mol. The van der Waals surface area contributed by atoms with Crippen molar-refractivity contribution in [2.45, 2.75) is 26.6 Å². The average Bonchev–Trinajstić information content (AvgIpc) is 3.47. The monoisotopic (exact) mass is 1150 g/mol. The van der Waals surface area contributed by atoms with E-state index >= 15 is 0 Å². The molecule has 20 heteroatoms. The van der Waals surface area contributed by atoms with Crippen LogP contribution in [-0.2, 0) is 93.8 Å². The lowest BCUT2D eigenvalue weighted by Gasteiger charge is -2.08. The Morgan fingerprint density at radius 3 is 0.797 bits per heavy atom. The molecule has 442 valence electrons. The summed E-state index contributed by atoms with van der Waals surface area (Å²) in [6.07, 6.45) is 0.354. The van der Waals surface area contributed by atoms with Crippen molar-refractivity contribution in [1.29, 1.82) is 0 Å². The van der Waals surface area contributed by atoms with Gasteiger partial charge in [-0.1, -0.05) is 54.9 Å². The second-order valence-electron chi connectivity index (χ2n) is 16.7. The SMILES string of the molecule is CCC(=O)Nc1cc(C#Cc2ccc(COCCOCCOCCOCCOCCOCCOCCOCCS)cc2)cc(C#Cc2ccc(COCCOCCOCCOCCOCCOCCOCCOCCS)cc2)c1. The number of benzene rings is 3. The molecule has 0 spiro atoms. The fraction of sp³-hybridized carbons (Fsp3) is 0.610. The highest BCUT2D eigenvalue weighted by Gasteiger charge is 2.04. The Bertz CT molecular complexity index is 1900. The summed E-state index contributed by atoms with van der Waals surface area (Å²) in [5, 5.41) is 2.95. The third kappa shape index (κ3) is 41.9. The maximum Gasteiger partial charge on any atom is 0.224 e. The molecule has 18 nitrogen and oxygen atoms in total. The van der Waals surface area contributed by atoms with Crippen LogP contribution in [-0.4, -0.2) is 216 Å². The molecule has 0 heterocycles. The van der Waals surface area contributed by atoms with Gasteiger partial charge in [0.2, 0.25) is 5.91 Å². The minimum atomic E-state index is -0.0916. The van der Waals surface area contributed by atoms with E-state index in [0.717, 1.165) is 33.4 Å². The molecule has 0 aliphatic rings. The molecule has 0 saturated carbocycles. The van der Waals surface area contributed by atoms with Crippen LogP contribution in [0.4, 0.5) is 5.69 Å². The number of rotatable bonds is 52. The second kappa shape index (κ2) is 52.4. The van der Waals surface area contributed by atoms with Gasteiger partial charge in [0.1, 0.15) is 0 Å². The molecule has 1 N–H and O–H groups in total. The lowest BCUT2D eigenvalue weighted by atomic mass is 10.1. The Labute approximate surface area is 480 Å². The number of nitrogens with one attached hydrogen (secondary N) is 1. The van der Waals surface area contributed by atoms with Crippen LogP contribution in [0.5, 0.6) is 0 Å². The van der Waals surface area contributed by atoms with E-state index in [9.17, 15) is 4.79 Å². The number of thiol groups is 2. The van der Waals surface area contributed by atoms with Crippen molar-refractivity contribution in [2.24, 2.45) is 0 Å². The molecule has 0 aliphatic carbocycles. The molecule has 79 heavy (non-hydrogen) atoms. The van der Waals surface area contributed by atoms with Crippen LogP contribution in [0.2, 0.25) is 0 Å². The highest BCUT2D eigenvalue weighted by atomic mass is 32.1. The summed E-state index contributed by atoms with van der Waals surface area (Å²) in [4.78, 5) is 12.3. The van der Waals surface area contributed by atoms with Crippen molar-refractivity contribution < 1.29 is 80.6 Å². The maximum absolute atomic E-state index is 12.3. The molecule has 0 aromatic heterocycles. The number of carbonyl (C=O) groups excluding carboxylic acids is 1. The molecular weight excluding hydrogens is 1060 g/mol. The highest BCUT2D eigenvalue weighted by Crippen LogP contribution is 2.16. The molecule has 0 bridgehead atoms. The van der Waals surface area contributed by atoms with E-state index in [2.05, 4.69) is 54.3 Å². The summed E-state index contributed by atoms with van der Waals surface area (Å²) in [6, 6.07) is 21.5. The first-order valence-corrected chi connectivity index (χ1v) is 28.5. The average molecular weight is 1150 g/mol. The summed E-state index contributed by atoms with van der Waals surface area (Å²) in [5.74, 6) is 14.3. The van der Waals surface area contributed by atoms with E-state index < -0.39 is 0 Å². The quantitative estimate of drug-likeness (QED) is 0.0343. The summed E-state index contributed by atoms with van der Waals surface area (Å²) in [7, 11) is 0. The molecule has 0 fully saturated rings.